The van der Waals surface area contributed by atoms with Crippen LogP contribution in [0.15, 0.2) is 187 Å². The summed E-state index contributed by atoms with van der Waals surface area (Å²) in [6.07, 6.45) is 1.82. The van der Waals surface area contributed by atoms with Gasteiger partial charge in [-0.05, 0) is 55.8 Å². The summed E-state index contributed by atoms with van der Waals surface area (Å²) in [7, 11) is 0. The number of benzene rings is 9. The first-order valence-corrected chi connectivity index (χ1v) is 18.5. The molecule has 0 aliphatic heterocycles. The molecule has 0 N–H and O–H groups in total. The Morgan fingerprint density at radius 2 is 1.14 bits per heavy atom. The van der Waals surface area contributed by atoms with Gasteiger partial charge in [-0.15, -0.1) is 35.4 Å². The van der Waals surface area contributed by atoms with Gasteiger partial charge in [0.05, 0.1) is 11.1 Å². The van der Waals surface area contributed by atoms with E-state index in [1.165, 1.54) is 48.8 Å². The molecule has 3 aromatic heterocycles. The Labute approximate surface area is 336 Å². The number of aromatic nitrogens is 2. The van der Waals surface area contributed by atoms with E-state index in [9.17, 15) is 0 Å². The summed E-state index contributed by atoms with van der Waals surface area (Å²) in [6, 6.07) is 67.8. The molecule has 56 heavy (non-hydrogen) atoms. The van der Waals surface area contributed by atoms with Crippen LogP contribution in [0.4, 0.5) is 0 Å². The normalized spacial score (nSPS) is 11.4. The van der Waals surface area contributed by atoms with Gasteiger partial charge >= 0.3 is 0 Å². The second-order valence-corrected chi connectivity index (χ2v) is 13.9. The van der Waals surface area contributed by atoms with E-state index in [1.807, 2.05) is 48.7 Å². The molecule has 265 valence electrons. The van der Waals surface area contributed by atoms with Crippen LogP contribution in [0.5, 0.6) is 0 Å². The van der Waals surface area contributed by atoms with Crippen LogP contribution >= 0.6 is 0 Å². The quantitative estimate of drug-likeness (QED) is 0.131. The maximum Gasteiger partial charge on any atom is 0.132 e. The molecule has 0 saturated carbocycles. The third-order valence-electron chi connectivity index (χ3n) is 10.7. The topological polar surface area (TPSA) is 38.9 Å². The van der Waals surface area contributed by atoms with Gasteiger partial charge in [0.25, 0.3) is 0 Å². The Morgan fingerprint density at radius 1 is 0.464 bits per heavy atom. The smallest absolute Gasteiger partial charge is 0.132 e. The van der Waals surface area contributed by atoms with E-state index >= 15 is 0 Å². The molecule has 0 bridgehead atoms. The molecule has 0 aliphatic rings. The molecule has 1 radical (unpaired) electrons. The predicted octanol–water partition coefficient (Wildman–Crippen LogP) is 13.9. The summed E-state index contributed by atoms with van der Waals surface area (Å²) in [6.45, 7) is 0. The molecule has 0 unspecified atom stereocenters. The molecular weight excluding hydrogens is 861 g/mol. The summed E-state index contributed by atoms with van der Waals surface area (Å²) in [5.41, 5.74) is 9.05. The predicted molar refractivity (Wildman–Crippen MR) is 228 cm³/mol. The van der Waals surface area contributed by atoms with Crippen molar-refractivity contribution >= 4 is 75.9 Å². The van der Waals surface area contributed by atoms with Crippen LogP contribution in [0.25, 0.3) is 110 Å². The van der Waals surface area contributed by atoms with Gasteiger partial charge in [-0.3, -0.25) is 4.98 Å². The minimum absolute atomic E-state index is 0. The summed E-state index contributed by atoms with van der Waals surface area (Å²) in [5.74, 6) is 0. The monoisotopic (exact) mass is 891 g/mol. The SMILES string of the molecule is [Ir].[c-]1cc(-c2ccccc2)c2ccccc2c1-c1ccccn1.[c-]1cc2c(cc1-c1ccc3ccccc3n1)oc1c3cccc4ccc5cccc(c21)c5c43. The minimum atomic E-state index is 0. The van der Waals surface area contributed by atoms with Crippen molar-refractivity contribution in [2.75, 3.05) is 0 Å². The summed E-state index contributed by atoms with van der Waals surface area (Å²) in [5, 5.41) is 13.3. The van der Waals surface area contributed by atoms with Crippen molar-refractivity contribution in [2.24, 2.45) is 0 Å². The second kappa shape index (κ2) is 13.9. The van der Waals surface area contributed by atoms with Gasteiger partial charge < -0.3 is 9.40 Å². The first-order chi connectivity index (χ1) is 27.3. The largest absolute Gasteiger partial charge is 0.476 e. The molecule has 0 amide bonds. The van der Waals surface area contributed by atoms with Crippen LogP contribution in [-0.2, 0) is 20.1 Å². The van der Waals surface area contributed by atoms with Crippen molar-refractivity contribution in [1.29, 1.82) is 0 Å². The van der Waals surface area contributed by atoms with Crippen molar-refractivity contribution in [3.8, 4) is 33.6 Å². The zero-order valence-corrected chi connectivity index (χ0v) is 32.4. The fourth-order valence-electron chi connectivity index (χ4n) is 8.22. The van der Waals surface area contributed by atoms with Gasteiger partial charge in [0.2, 0.25) is 0 Å². The van der Waals surface area contributed by atoms with Crippen molar-refractivity contribution in [1.82, 2.24) is 9.97 Å². The van der Waals surface area contributed by atoms with Crippen molar-refractivity contribution < 1.29 is 24.5 Å². The molecule has 0 spiro atoms. The van der Waals surface area contributed by atoms with E-state index in [2.05, 4.69) is 151 Å². The van der Waals surface area contributed by atoms with Gasteiger partial charge in [-0.1, -0.05) is 179 Å². The number of nitrogens with zero attached hydrogens (tertiary/aromatic N) is 2. The van der Waals surface area contributed by atoms with Crippen LogP contribution in [0.3, 0.4) is 0 Å². The molecule has 4 heteroatoms. The van der Waals surface area contributed by atoms with Crippen LogP contribution < -0.4 is 0 Å². The van der Waals surface area contributed by atoms with Gasteiger partial charge in [-0.25, -0.2) is 0 Å². The van der Waals surface area contributed by atoms with E-state index in [1.54, 1.807) is 0 Å². The number of fused-ring (bicyclic) bond motifs is 7. The minimum Gasteiger partial charge on any atom is -0.476 e. The average Bonchev–Trinajstić information content (AvgIpc) is 3.66. The van der Waals surface area contributed by atoms with Crippen molar-refractivity contribution in [3.63, 3.8) is 0 Å². The fraction of sp³-hybridized carbons (Fsp3) is 0. The first-order valence-electron chi connectivity index (χ1n) is 18.5. The Morgan fingerprint density at radius 3 is 1.96 bits per heavy atom. The fourth-order valence-corrected chi connectivity index (χ4v) is 8.22. The van der Waals surface area contributed by atoms with Gasteiger partial charge in [-0.2, -0.15) is 0 Å². The molecule has 0 aliphatic carbocycles. The number of hydrogen-bond donors (Lipinski definition) is 0. The third kappa shape index (κ3) is 5.54. The molecule has 0 fully saturated rings. The van der Waals surface area contributed by atoms with E-state index in [0.717, 1.165) is 60.7 Å². The summed E-state index contributed by atoms with van der Waals surface area (Å²) in [4.78, 5) is 9.33. The Kier molecular flexibility index (Phi) is 8.37. The molecule has 12 rings (SSSR count). The van der Waals surface area contributed by atoms with Gasteiger partial charge in [0.1, 0.15) is 5.58 Å². The second-order valence-electron chi connectivity index (χ2n) is 13.9. The molecule has 3 nitrogen and oxygen atoms in total. The Hall–Kier alpha value is -6.71. The molecule has 0 atom stereocenters. The maximum atomic E-state index is 6.57. The summed E-state index contributed by atoms with van der Waals surface area (Å²) >= 11 is 0. The third-order valence-corrected chi connectivity index (χ3v) is 10.7. The summed E-state index contributed by atoms with van der Waals surface area (Å²) < 4.78 is 6.57. The van der Waals surface area contributed by atoms with Crippen molar-refractivity contribution in [3.05, 3.63) is 194 Å². The van der Waals surface area contributed by atoms with E-state index in [4.69, 9.17) is 9.40 Å². The standard InChI is InChI=1S/C31H16NO.C21H14N.Ir/c1-2-10-25-18(5-1)14-16-26(32-25)21-13-15-22-27(17-21)33-31-24-9-4-7-20-12-11-19-6-3-8-23(30(22)31)28(19)29(20)24;1-2-8-16(9-3-1)17-13-14-20(21-12-6-7-15-22-21)19-11-5-4-10-18(17)19;/h1-12,14-17H;1-13,15H;/q2*-1;. The average molecular weight is 891 g/mol. The Bertz CT molecular complexity index is 3300. The number of pyridine rings is 2. The zero-order valence-electron chi connectivity index (χ0n) is 30.0. The van der Waals surface area contributed by atoms with E-state index < -0.39 is 0 Å². The number of para-hydroxylation sites is 1. The maximum absolute atomic E-state index is 6.57. The van der Waals surface area contributed by atoms with Crippen LogP contribution in [0.1, 0.15) is 0 Å². The van der Waals surface area contributed by atoms with E-state index in [-0.39, 0.29) is 20.1 Å². The molecule has 0 saturated heterocycles. The van der Waals surface area contributed by atoms with E-state index in [0.29, 0.717) is 0 Å². The molecule has 3 heterocycles. The van der Waals surface area contributed by atoms with Crippen LogP contribution in [0, 0.1) is 12.1 Å². The molecule has 12 aromatic rings. The zero-order chi connectivity index (χ0) is 36.3. The molecule has 9 aromatic carbocycles. The van der Waals surface area contributed by atoms with Crippen LogP contribution in [-0.4, -0.2) is 9.97 Å². The number of rotatable bonds is 3. The number of hydrogen-bond acceptors (Lipinski definition) is 3. The Balaban J connectivity index is 0.000000146. The van der Waals surface area contributed by atoms with Crippen LogP contribution in [0.2, 0.25) is 0 Å². The number of furan rings is 1. The molecular formula is C52H30IrN2O-2. The van der Waals surface area contributed by atoms with Gasteiger partial charge in [0.15, 0.2) is 0 Å². The first kappa shape index (κ1) is 33.8. The van der Waals surface area contributed by atoms with Gasteiger partial charge in [0, 0.05) is 37.1 Å². The van der Waals surface area contributed by atoms with Crippen molar-refractivity contribution in [2.45, 2.75) is 0 Å².